The predicted octanol–water partition coefficient (Wildman–Crippen LogP) is 0.631. The Labute approximate surface area is 146 Å². The third kappa shape index (κ3) is 2.91. The number of carbonyl (C=O) groups excluding carboxylic acids is 3. The summed E-state index contributed by atoms with van der Waals surface area (Å²) in [6.45, 7) is 2.56. The first-order valence-corrected chi connectivity index (χ1v) is 8.09. The Morgan fingerprint density at radius 1 is 1.17 bits per heavy atom. The van der Waals surface area contributed by atoms with Crippen molar-refractivity contribution in [3.63, 3.8) is 0 Å². The number of piperidine rings is 1. The lowest BCUT2D eigenvalue weighted by Gasteiger charge is -2.29. The molecule has 0 saturated carbocycles. The molecular formula is C17H20ClN3O3. The molecule has 2 fully saturated rings. The lowest BCUT2D eigenvalue weighted by atomic mass is 9.93. The van der Waals surface area contributed by atoms with Crippen LogP contribution in [0, 0.1) is 5.92 Å². The van der Waals surface area contributed by atoms with Gasteiger partial charge in [-0.05, 0) is 49.0 Å². The van der Waals surface area contributed by atoms with Crippen LogP contribution in [0.2, 0.25) is 0 Å². The quantitative estimate of drug-likeness (QED) is 0.785. The lowest BCUT2D eigenvalue weighted by molar-refractivity contribution is -0.136. The third-order valence-corrected chi connectivity index (χ3v) is 4.98. The van der Waals surface area contributed by atoms with E-state index >= 15 is 0 Å². The van der Waals surface area contributed by atoms with Gasteiger partial charge in [-0.3, -0.25) is 19.7 Å². The number of rotatable bonds is 3. The second-order valence-corrected chi connectivity index (χ2v) is 6.62. The van der Waals surface area contributed by atoms with E-state index in [1.165, 1.54) is 5.56 Å². The maximum Gasteiger partial charge on any atom is 0.255 e. The molecule has 1 aromatic rings. The van der Waals surface area contributed by atoms with E-state index in [0.29, 0.717) is 24.4 Å². The molecule has 0 spiro atoms. The zero-order valence-electron chi connectivity index (χ0n) is 13.2. The summed E-state index contributed by atoms with van der Waals surface area (Å²) in [5.74, 6) is -0.0438. The molecule has 24 heavy (non-hydrogen) atoms. The molecule has 1 atom stereocenters. The summed E-state index contributed by atoms with van der Waals surface area (Å²) in [5, 5.41) is 5.59. The van der Waals surface area contributed by atoms with E-state index in [1.54, 1.807) is 4.90 Å². The molecule has 2 saturated heterocycles. The SMILES string of the molecule is Cl.O=C1CCC(N2Cc3cc(CC4CNC4)ccc3C2=O)C(=O)N1. The molecule has 4 rings (SSSR count). The number of nitrogens with zero attached hydrogens (tertiary/aromatic N) is 1. The molecule has 1 unspecified atom stereocenters. The van der Waals surface area contributed by atoms with Crippen LogP contribution in [0.3, 0.4) is 0 Å². The van der Waals surface area contributed by atoms with Crippen molar-refractivity contribution in [3.8, 4) is 0 Å². The van der Waals surface area contributed by atoms with Crippen LogP contribution < -0.4 is 10.6 Å². The number of benzene rings is 1. The van der Waals surface area contributed by atoms with Gasteiger partial charge in [0.25, 0.3) is 5.91 Å². The molecule has 3 heterocycles. The minimum Gasteiger partial charge on any atom is -0.322 e. The minimum absolute atomic E-state index is 0. The number of imide groups is 1. The summed E-state index contributed by atoms with van der Waals surface area (Å²) in [7, 11) is 0. The van der Waals surface area contributed by atoms with Crippen molar-refractivity contribution in [1.82, 2.24) is 15.5 Å². The van der Waals surface area contributed by atoms with Gasteiger partial charge in [0.1, 0.15) is 6.04 Å². The Morgan fingerprint density at radius 3 is 2.62 bits per heavy atom. The van der Waals surface area contributed by atoms with Crippen molar-refractivity contribution >= 4 is 30.1 Å². The second kappa shape index (κ2) is 6.53. The summed E-state index contributed by atoms with van der Waals surface area (Å²) in [4.78, 5) is 37.5. The smallest absolute Gasteiger partial charge is 0.255 e. The fraction of sp³-hybridized carbons (Fsp3) is 0.471. The van der Waals surface area contributed by atoms with E-state index in [-0.39, 0.29) is 36.5 Å². The summed E-state index contributed by atoms with van der Waals surface area (Å²) < 4.78 is 0. The summed E-state index contributed by atoms with van der Waals surface area (Å²) in [6.07, 6.45) is 1.72. The number of carbonyl (C=O) groups is 3. The van der Waals surface area contributed by atoms with Crippen LogP contribution in [0.5, 0.6) is 0 Å². The van der Waals surface area contributed by atoms with Crippen molar-refractivity contribution in [2.75, 3.05) is 13.1 Å². The van der Waals surface area contributed by atoms with E-state index in [4.69, 9.17) is 0 Å². The van der Waals surface area contributed by atoms with Gasteiger partial charge in [-0.1, -0.05) is 12.1 Å². The highest BCUT2D eigenvalue weighted by atomic mass is 35.5. The standard InChI is InChI=1S/C17H19N3O3.ClH/c21-15-4-3-14(16(22)19-15)20-9-12-6-10(5-11-7-18-8-11)1-2-13(12)17(20)23;/h1-2,6,11,14,18H,3-5,7-9H2,(H,19,21,22);1H. The maximum absolute atomic E-state index is 12.6. The highest BCUT2D eigenvalue weighted by Gasteiger charge is 2.39. The van der Waals surface area contributed by atoms with Gasteiger partial charge >= 0.3 is 0 Å². The fourth-order valence-electron chi connectivity index (χ4n) is 3.58. The van der Waals surface area contributed by atoms with Crippen LogP contribution in [0.1, 0.15) is 34.3 Å². The van der Waals surface area contributed by atoms with Crippen LogP contribution in [-0.4, -0.2) is 41.8 Å². The first-order chi connectivity index (χ1) is 11.1. The Balaban J connectivity index is 0.00000169. The zero-order valence-corrected chi connectivity index (χ0v) is 14.0. The minimum atomic E-state index is -0.535. The monoisotopic (exact) mass is 349 g/mol. The number of hydrogen-bond acceptors (Lipinski definition) is 4. The topological polar surface area (TPSA) is 78.5 Å². The van der Waals surface area contributed by atoms with Crippen LogP contribution in [0.15, 0.2) is 18.2 Å². The van der Waals surface area contributed by atoms with Gasteiger partial charge in [-0.15, -0.1) is 12.4 Å². The van der Waals surface area contributed by atoms with Gasteiger partial charge < -0.3 is 10.2 Å². The maximum atomic E-state index is 12.6. The first-order valence-electron chi connectivity index (χ1n) is 8.09. The zero-order chi connectivity index (χ0) is 16.0. The Morgan fingerprint density at radius 2 is 1.96 bits per heavy atom. The van der Waals surface area contributed by atoms with Crippen molar-refractivity contribution in [1.29, 1.82) is 0 Å². The van der Waals surface area contributed by atoms with Crippen LogP contribution in [0.25, 0.3) is 0 Å². The van der Waals surface area contributed by atoms with E-state index in [1.807, 2.05) is 12.1 Å². The molecule has 2 N–H and O–H groups in total. The fourth-order valence-corrected chi connectivity index (χ4v) is 3.58. The molecule has 6 nitrogen and oxygen atoms in total. The summed E-state index contributed by atoms with van der Waals surface area (Å²) >= 11 is 0. The highest BCUT2D eigenvalue weighted by Crippen LogP contribution is 2.29. The van der Waals surface area contributed by atoms with E-state index < -0.39 is 6.04 Å². The van der Waals surface area contributed by atoms with Crippen LogP contribution in [-0.2, 0) is 22.6 Å². The number of nitrogens with one attached hydrogen (secondary N) is 2. The van der Waals surface area contributed by atoms with Crippen molar-refractivity contribution in [2.45, 2.75) is 31.8 Å². The Hall–Kier alpha value is -1.92. The summed E-state index contributed by atoms with van der Waals surface area (Å²) in [6, 6.07) is 5.46. The predicted molar refractivity (Wildman–Crippen MR) is 89.8 cm³/mol. The van der Waals surface area contributed by atoms with Crippen molar-refractivity contribution in [2.24, 2.45) is 5.92 Å². The van der Waals surface area contributed by atoms with Crippen molar-refractivity contribution < 1.29 is 14.4 Å². The van der Waals surface area contributed by atoms with Crippen LogP contribution >= 0.6 is 12.4 Å². The molecule has 1 aromatic carbocycles. The molecule has 128 valence electrons. The van der Waals surface area contributed by atoms with Gasteiger partial charge in [-0.2, -0.15) is 0 Å². The van der Waals surface area contributed by atoms with E-state index in [9.17, 15) is 14.4 Å². The number of halogens is 1. The molecule has 3 amide bonds. The summed E-state index contributed by atoms with van der Waals surface area (Å²) in [5.41, 5.74) is 2.92. The number of amides is 3. The second-order valence-electron chi connectivity index (χ2n) is 6.62. The van der Waals surface area contributed by atoms with Gasteiger partial charge in [0, 0.05) is 18.5 Å². The Kier molecular flexibility index (Phi) is 4.60. The molecular weight excluding hydrogens is 330 g/mol. The van der Waals surface area contributed by atoms with E-state index in [2.05, 4.69) is 16.7 Å². The molecule has 0 aromatic heterocycles. The average molecular weight is 350 g/mol. The molecule has 0 bridgehead atoms. The molecule has 3 aliphatic heterocycles. The molecule has 0 radical (unpaired) electrons. The number of hydrogen-bond donors (Lipinski definition) is 2. The van der Waals surface area contributed by atoms with E-state index in [0.717, 1.165) is 25.1 Å². The third-order valence-electron chi connectivity index (χ3n) is 4.98. The normalized spacial score (nSPS) is 23.4. The average Bonchev–Trinajstić information content (AvgIpc) is 2.80. The number of fused-ring (bicyclic) bond motifs is 1. The molecule has 0 aliphatic carbocycles. The van der Waals surface area contributed by atoms with Gasteiger partial charge in [-0.25, -0.2) is 0 Å². The van der Waals surface area contributed by atoms with Gasteiger partial charge in [0.15, 0.2) is 0 Å². The molecule has 3 aliphatic rings. The van der Waals surface area contributed by atoms with Crippen LogP contribution in [0.4, 0.5) is 0 Å². The molecule has 7 heteroatoms. The van der Waals surface area contributed by atoms with Crippen molar-refractivity contribution in [3.05, 3.63) is 34.9 Å². The highest BCUT2D eigenvalue weighted by molar-refractivity contribution is 6.05. The Bertz CT molecular complexity index is 702. The largest absolute Gasteiger partial charge is 0.322 e. The van der Waals surface area contributed by atoms with Gasteiger partial charge in [0.05, 0.1) is 0 Å². The lowest BCUT2D eigenvalue weighted by Crippen LogP contribution is -2.52. The van der Waals surface area contributed by atoms with Gasteiger partial charge in [0.2, 0.25) is 11.8 Å². The first kappa shape index (κ1) is 16.9.